The van der Waals surface area contributed by atoms with Crippen LogP contribution < -0.4 is 4.74 Å². The Morgan fingerprint density at radius 1 is 1.24 bits per heavy atom. The molecule has 3 heteroatoms. The Balaban J connectivity index is 2.37. The summed E-state index contributed by atoms with van der Waals surface area (Å²) in [6, 6.07) is 7.69. The predicted molar refractivity (Wildman–Crippen MR) is 68.9 cm³/mol. The largest absolute Gasteiger partial charge is 0.494 e. The van der Waals surface area contributed by atoms with Crippen molar-refractivity contribution < 1.29 is 14.9 Å². The van der Waals surface area contributed by atoms with Gasteiger partial charge >= 0.3 is 0 Å². The number of ether oxygens (including phenoxy) is 1. The minimum atomic E-state index is 0.0529. The van der Waals surface area contributed by atoms with Gasteiger partial charge in [-0.25, -0.2) is 0 Å². The number of benzene rings is 1. The lowest BCUT2D eigenvalue weighted by atomic mass is 10.1. The first-order valence-electron chi connectivity index (χ1n) is 5.87. The highest BCUT2D eigenvalue weighted by molar-refractivity contribution is 5.50. The molecule has 1 rings (SSSR count). The Morgan fingerprint density at radius 2 is 1.94 bits per heavy atom. The first-order valence-corrected chi connectivity index (χ1v) is 5.87. The maximum Gasteiger partial charge on any atom is 0.119 e. The summed E-state index contributed by atoms with van der Waals surface area (Å²) < 4.78 is 5.55. The highest BCUT2D eigenvalue weighted by atomic mass is 16.5. The van der Waals surface area contributed by atoms with E-state index >= 15 is 0 Å². The molecule has 0 aliphatic heterocycles. The first kappa shape index (κ1) is 13.7. The molecule has 17 heavy (non-hydrogen) atoms. The Hall–Kier alpha value is -1.32. The van der Waals surface area contributed by atoms with Crippen molar-refractivity contribution in [1.29, 1.82) is 0 Å². The molecule has 0 radical (unpaired) electrons. The van der Waals surface area contributed by atoms with Gasteiger partial charge in [0.25, 0.3) is 0 Å². The van der Waals surface area contributed by atoms with Crippen LogP contribution in [0.1, 0.15) is 18.9 Å². The minimum Gasteiger partial charge on any atom is -0.494 e. The molecule has 0 heterocycles. The molecule has 2 N–H and O–H groups in total. The molecular weight excluding hydrogens is 216 g/mol. The Labute approximate surface area is 102 Å². The maximum absolute atomic E-state index is 8.87. The van der Waals surface area contributed by atoms with Gasteiger partial charge in [-0.1, -0.05) is 31.2 Å². The van der Waals surface area contributed by atoms with Gasteiger partial charge < -0.3 is 14.9 Å². The molecule has 94 valence electrons. The Bertz CT molecular complexity index is 330. The van der Waals surface area contributed by atoms with Crippen molar-refractivity contribution in [2.24, 2.45) is 5.92 Å². The molecule has 0 unspecified atom stereocenters. The van der Waals surface area contributed by atoms with Crippen LogP contribution in [0.25, 0.3) is 6.08 Å². The van der Waals surface area contributed by atoms with Crippen molar-refractivity contribution in [3.63, 3.8) is 0 Å². The molecule has 0 amide bonds. The van der Waals surface area contributed by atoms with Crippen LogP contribution >= 0.6 is 0 Å². The van der Waals surface area contributed by atoms with E-state index in [1.54, 1.807) is 6.08 Å². The standard InChI is InChI=1S/C14H20O3/c1-12(11-16)8-10-17-14-6-4-13(5-7-14)3-2-9-15/h2-7,12,15-16H,8-11H2,1H3/t12-/m0/s1. The van der Waals surface area contributed by atoms with Gasteiger partial charge in [0.1, 0.15) is 5.75 Å². The molecule has 3 nitrogen and oxygen atoms in total. The van der Waals surface area contributed by atoms with E-state index in [-0.39, 0.29) is 19.1 Å². The molecule has 0 bridgehead atoms. The van der Waals surface area contributed by atoms with Crippen LogP contribution in [0.5, 0.6) is 5.75 Å². The number of aliphatic hydroxyl groups is 2. The average molecular weight is 236 g/mol. The third kappa shape index (κ3) is 5.52. The molecular formula is C14H20O3. The summed E-state index contributed by atoms with van der Waals surface area (Å²) in [4.78, 5) is 0. The molecule has 1 aromatic rings. The second kappa shape index (κ2) is 7.87. The summed E-state index contributed by atoms with van der Waals surface area (Å²) >= 11 is 0. The molecule has 0 fully saturated rings. The molecule has 0 saturated heterocycles. The summed E-state index contributed by atoms with van der Waals surface area (Å²) in [5.74, 6) is 1.11. The topological polar surface area (TPSA) is 49.7 Å². The van der Waals surface area contributed by atoms with Gasteiger partial charge in [0.2, 0.25) is 0 Å². The van der Waals surface area contributed by atoms with Crippen LogP contribution in [0.4, 0.5) is 0 Å². The van der Waals surface area contributed by atoms with E-state index in [2.05, 4.69) is 0 Å². The summed E-state index contributed by atoms with van der Waals surface area (Å²) in [6.45, 7) is 2.87. The molecule has 1 atom stereocenters. The van der Waals surface area contributed by atoms with Gasteiger partial charge in [0.05, 0.1) is 13.2 Å². The van der Waals surface area contributed by atoms with Crippen molar-refractivity contribution in [3.05, 3.63) is 35.9 Å². The zero-order valence-corrected chi connectivity index (χ0v) is 10.2. The van der Waals surface area contributed by atoms with Crippen LogP contribution in [0.2, 0.25) is 0 Å². The number of hydrogen-bond donors (Lipinski definition) is 2. The van der Waals surface area contributed by atoms with Crippen LogP contribution in [-0.4, -0.2) is 30.0 Å². The highest BCUT2D eigenvalue weighted by Gasteiger charge is 2.00. The van der Waals surface area contributed by atoms with Gasteiger partial charge in [0, 0.05) is 6.61 Å². The van der Waals surface area contributed by atoms with Gasteiger partial charge in [0.15, 0.2) is 0 Å². The third-order valence-corrected chi connectivity index (χ3v) is 2.49. The number of rotatable bonds is 7. The minimum absolute atomic E-state index is 0.0529. The molecule has 1 aromatic carbocycles. The highest BCUT2D eigenvalue weighted by Crippen LogP contribution is 2.14. The average Bonchev–Trinajstić information content (AvgIpc) is 2.37. The predicted octanol–water partition coefficient (Wildman–Crippen LogP) is 2.09. The summed E-state index contributed by atoms with van der Waals surface area (Å²) in [5.41, 5.74) is 1.04. The lowest BCUT2D eigenvalue weighted by molar-refractivity contribution is 0.202. The first-order chi connectivity index (χ1) is 8.26. The lowest BCUT2D eigenvalue weighted by Crippen LogP contribution is -2.07. The number of hydrogen-bond acceptors (Lipinski definition) is 3. The van der Waals surface area contributed by atoms with E-state index in [0.717, 1.165) is 17.7 Å². The smallest absolute Gasteiger partial charge is 0.119 e. The van der Waals surface area contributed by atoms with Crippen molar-refractivity contribution in [3.8, 4) is 5.75 Å². The molecule has 0 aromatic heterocycles. The van der Waals surface area contributed by atoms with Gasteiger partial charge in [-0.15, -0.1) is 0 Å². The monoisotopic (exact) mass is 236 g/mol. The molecule has 0 aliphatic carbocycles. The second-order valence-corrected chi connectivity index (χ2v) is 4.08. The van der Waals surface area contributed by atoms with E-state index in [1.165, 1.54) is 0 Å². The van der Waals surface area contributed by atoms with Crippen LogP contribution in [0.3, 0.4) is 0 Å². The fourth-order valence-electron chi connectivity index (χ4n) is 1.33. The van der Waals surface area contributed by atoms with E-state index in [1.807, 2.05) is 37.3 Å². The van der Waals surface area contributed by atoms with E-state index in [9.17, 15) is 0 Å². The second-order valence-electron chi connectivity index (χ2n) is 4.08. The fraction of sp³-hybridized carbons (Fsp3) is 0.429. The number of aliphatic hydroxyl groups excluding tert-OH is 2. The fourth-order valence-corrected chi connectivity index (χ4v) is 1.33. The SMILES string of the molecule is C[C@H](CO)CCOc1ccc(C=CCO)cc1. The van der Waals surface area contributed by atoms with E-state index in [4.69, 9.17) is 14.9 Å². The van der Waals surface area contributed by atoms with Gasteiger partial charge in [-0.05, 0) is 30.0 Å². The Kier molecular flexibility index (Phi) is 6.37. The van der Waals surface area contributed by atoms with E-state index in [0.29, 0.717) is 6.61 Å². The summed E-state index contributed by atoms with van der Waals surface area (Å²) in [5, 5.41) is 17.5. The summed E-state index contributed by atoms with van der Waals surface area (Å²) in [7, 11) is 0. The zero-order valence-electron chi connectivity index (χ0n) is 10.2. The van der Waals surface area contributed by atoms with Crippen molar-refractivity contribution >= 4 is 6.08 Å². The van der Waals surface area contributed by atoms with E-state index < -0.39 is 0 Å². The normalized spacial score (nSPS) is 12.9. The lowest BCUT2D eigenvalue weighted by Gasteiger charge is -2.09. The van der Waals surface area contributed by atoms with Gasteiger partial charge in [-0.3, -0.25) is 0 Å². The maximum atomic E-state index is 8.87. The summed E-state index contributed by atoms with van der Waals surface area (Å²) in [6.07, 6.45) is 4.40. The molecule has 0 saturated carbocycles. The zero-order chi connectivity index (χ0) is 12.5. The van der Waals surface area contributed by atoms with Crippen molar-refractivity contribution in [2.75, 3.05) is 19.8 Å². The third-order valence-electron chi connectivity index (χ3n) is 2.49. The van der Waals surface area contributed by atoms with Crippen molar-refractivity contribution in [2.45, 2.75) is 13.3 Å². The van der Waals surface area contributed by atoms with Crippen LogP contribution in [-0.2, 0) is 0 Å². The quantitative estimate of drug-likeness (QED) is 0.762. The van der Waals surface area contributed by atoms with Crippen LogP contribution in [0.15, 0.2) is 30.3 Å². The Morgan fingerprint density at radius 3 is 2.53 bits per heavy atom. The van der Waals surface area contributed by atoms with Gasteiger partial charge in [-0.2, -0.15) is 0 Å². The molecule has 0 spiro atoms. The molecule has 0 aliphatic rings. The van der Waals surface area contributed by atoms with Crippen molar-refractivity contribution in [1.82, 2.24) is 0 Å². The van der Waals surface area contributed by atoms with Crippen LogP contribution in [0, 0.1) is 5.92 Å².